The number of halogens is 2. The monoisotopic (exact) mass is 290 g/mol. The van der Waals surface area contributed by atoms with Gasteiger partial charge in [0.05, 0.1) is 0 Å². The molecule has 0 saturated carbocycles. The maximum absolute atomic E-state index is 13.6. The van der Waals surface area contributed by atoms with Crippen molar-refractivity contribution >= 4 is 10.0 Å². The van der Waals surface area contributed by atoms with Gasteiger partial charge in [0.1, 0.15) is 16.5 Å². The van der Waals surface area contributed by atoms with E-state index in [-0.39, 0.29) is 5.92 Å². The van der Waals surface area contributed by atoms with Crippen molar-refractivity contribution in [3.63, 3.8) is 0 Å². The van der Waals surface area contributed by atoms with Gasteiger partial charge in [-0.05, 0) is 38.1 Å². The van der Waals surface area contributed by atoms with E-state index in [0.29, 0.717) is 19.2 Å². The van der Waals surface area contributed by atoms with Gasteiger partial charge >= 0.3 is 0 Å². The van der Waals surface area contributed by atoms with E-state index >= 15 is 0 Å². The Morgan fingerprint density at radius 2 is 2.16 bits per heavy atom. The van der Waals surface area contributed by atoms with E-state index < -0.39 is 26.6 Å². The lowest BCUT2D eigenvalue weighted by molar-refractivity contribution is 0.445. The van der Waals surface area contributed by atoms with Crippen LogP contribution in [0.3, 0.4) is 0 Å². The minimum atomic E-state index is -3.87. The van der Waals surface area contributed by atoms with Gasteiger partial charge in [-0.3, -0.25) is 0 Å². The number of sulfonamides is 1. The Labute approximate surface area is 111 Å². The molecule has 0 aromatic heterocycles. The standard InChI is InChI=1S/C12H16F2N2O2S/c1-15-7-9-4-5-16(8-9)19(17,18)12-3-2-10(13)6-11(12)14/h2-3,6,9,15H,4-5,7-8H2,1H3/t9-/m1/s1. The molecular weight excluding hydrogens is 274 g/mol. The number of hydrogen-bond donors (Lipinski definition) is 1. The van der Waals surface area contributed by atoms with Crippen LogP contribution in [0.4, 0.5) is 8.78 Å². The molecule has 1 heterocycles. The summed E-state index contributed by atoms with van der Waals surface area (Å²) < 4.78 is 52.2. The SMILES string of the molecule is CNC[C@H]1CCN(S(=O)(=O)c2ccc(F)cc2F)C1. The maximum Gasteiger partial charge on any atom is 0.245 e. The second-order valence-electron chi connectivity index (χ2n) is 4.65. The van der Waals surface area contributed by atoms with Crippen LogP contribution in [-0.2, 0) is 10.0 Å². The Bertz CT molecular complexity index is 563. The molecular formula is C12H16F2N2O2S. The Hall–Kier alpha value is -1.05. The molecule has 0 aliphatic carbocycles. The van der Waals surface area contributed by atoms with Crippen LogP contribution in [0, 0.1) is 17.6 Å². The van der Waals surface area contributed by atoms with E-state index in [9.17, 15) is 17.2 Å². The van der Waals surface area contributed by atoms with Crippen LogP contribution in [0.5, 0.6) is 0 Å². The molecule has 106 valence electrons. The Balaban J connectivity index is 2.23. The highest BCUT2D eigenvalue weighted by atomic mass is 32.2. The average Bonchev–Trinajstić information content (AvgIpc) is 2.78. The van der Waals surface area contributed by atoms with Crippen molar-refractivity contribution in [1.29, 1.82) is 0 Å². The second-order valence-corrected chi connectivity index (χ2v) is 6.56. The normalized spacial score (nSPS) is 20.9. The van der Waals surface area contributed by atoms with Crippen LogP contribution < -0.4 is 5.32 Å². The molecule has 1 fully saturated rings. The third-order valence-electron chi connectivity index (χ3n) is 3.25. The lowest BCUT2D eigenvalue weighted by Gasteiger charge is -2.17. The molecule has 1 aromatic rings. The van der Waals surface area contributed by atoms with Crippen LogP contribution in [0.25, 0.3) is 0 Å². The van der Waals surface area contributed by atoms with Gasteiger partial charge in [0.2, 0.25) is 10.0 Å². The lowest BCUT2D eigenvalue weighted by atomic mass is 10.1. The first kappa shape index (κ1) is 14.4. The van der Waals surface area contributed by atoms with Crippen LogP contribution in [0.2, 0.25) is 0 Å². The van der Waals surface area contributed by atoms with Gasteiger partial charge in [0, 0.05) is 19.2 Å². The highest BCUT2D eigenvalue weighted by molar-refractivity contribution is 7.89. The molecule has 0 unspecified atom stereocenters. The fourth-order valence-electron chi connectivity index (χ4n) is 2.29. The fourth-order valence-corrected chi connectivity index (χ4v) is 3.87. The van der Waals surface area contributed by atoms with Crippen LogP contribution >= 0.6 is 0 Å². The van der Waals surface area contributed by atoms with E-state index in [1.54, 1.807) is 7.05 Å². The molecule has 1 aliphatic heterocycles. The fraction of sp³-hybridized carbons (Fsp3) is 0.500. The first-order valence-corrected chi connectivity index (χ1v) is 7.49. The molecule has 1 saturated heterocycles. The molecule has 0 bridgehead atoms. The predicted octanol–water partition coefficient (Wildman–Crippen LogP) is 1.19. The molecule has 1 aliphatic rings. The van der Waals surface area contributed by atoms with Gasteiger partial charge < -0.3 is 5.32 Å². The van der Waals surface area contributed by atoms with Crippen LogP contribution in [0.15, 0.2) is 23.1 Å². The van der Waals surface area contributed by atoms with E-state index in [2.05, 4.69) is 5.32 Å². The number of rotatable bonds is 4. The highest BCUT2D eigenvalue weighted by Crippen LogP contribution is 2.25. The minimum absolute atomic E-state index is 0.225. The zero-order valence-electron chi connectivity index (χ0n) is 10.6. The van der Waals surface area contributed by atoms with Crippen molar-refractivity contribution < 1.29 is 17.2 Å². The topological polar surface area (TPSA) is 49.4 Å². The Morgan fingerprint density at radius 1 is 1.42 bits per heavy atom. The number of nitrogens with zero attached hydrogens (tertiary/aromatic N) is 1. The number of nitrogens with one attached hydrogen (secondary N) is 1. The van der Waals surface area contributed by atoms with Crippen molar-refractivity contribution in [2.24, 2.45) is 5.92 Å². The van der Waals surface area contributed by atoms with Crippen molar-refractivity contribution in [3.05, 3.63) is 29.8 Å². The zero-order valence-corrected chi connectivity index (χ0v) is 11.4. The largest absolute Gasteiger partial charge is 0.319 e. The maximum atomic E-state index is 13.6. The predicted molar refractivity (Wildman–Crippen MR) is 67.2 cm³/mol. The second kappa shape index (κ2) is 5.52. The summed E-state index contributed by atoms with van der Waals surface area (Å²) in [6.07, 6.45) is 0.739. The van der Waals surface area contributed by atoms with Crippen molar-refractivity contribution in [3.8, 4) is 0 Å². The van der Waals surface area contributed by atoms with Gasteiger partial charge in [-0.1, -0.05) is 0 Å². The van der Waals surface area contributed by atoms with Crippen molar-refractivity contribution in [2.45, 2.75) is 11.3 Å². The van der Waals surface area contributed by atoms with E-state index in [0.717, 1.165) is 25.1 Å². The molecule has 0 amide bonds. The summed E-state index contributed by atoms with van der Waals surface area (Å²) in [7, 11) is -2.07. The van der Waals surface area contributed by atoms with Crippen molar-refractivity contribution in [1.82, 2.24) is 9.62 Å². The Morgan fingerprint density at radius 3 is 2.79 bits per heavy atom. The summed E-state index contributed by atoms with van der Waals surface area (Å²) in [4.78, 5) is -0.459. The van der Waals surface area contributed by atoms with Crippen molar-refractivity contribution in [2.75, 3.05) is 26.7 Å². The molecule has 1 N–H and O–H groups in total. The van der Waals surface area contributed by atoms with Gasteiger partial charge in [-0.15, -0.1) is 0 Å². The van der Waals surface area contributed by atoms with Gasteiger partial charge in [0.25, 0.3) is 0 Å². The number of hydrogen-bond acceptors (Lipinski definition) is 3. The van der Waals surface area contributed by atoms with E-state index in [1.165, 1.54) is 4.31 Å². The molecule has 2 rings (SSSR count). The van der Waals surface area contributed by atoms with Gasteiger partial charge in [-0.25, -0.2) is 17.2 Å². The molecule has 1 aromatic carbocycles. The smallest absolute Gasteiger partial charge is 0.245 e. The van der Waals surface area contributed by atoms with E-state index in [1.807, 2.05) is 0 Å². The molecule has 7 heteroatoms. The summed E-state index contributed by atoms with van der Waals surface area (Å²) in [5, 5.41) is 3.00. The highest BCUT2D eigenvalue weighted by Gasteiger charge is 2.33. The van der Waals surface area contributed by atoms with Gasteiger partial charge in [-0.2, -0.15) is 4.31 Å². The van der Waals surface area contributed by atoms with E-state index in [4.69, 9.17) is 0 Å². The third kappa shape index (κ3) is 2.93. The molecule has 1 atom stereocenters. The molecule has 4 nitrogen and oxygen atoms in total. The first-order chi connectivity index (χ1) is 8.95. The first-order valence-electron chi connectivity index (χ1n) is 6.05. The van der Waals surface area contributed by atoms with Crippen LogP contribution in [0.1, 0.15) is 6.42 Å². The average molecular weight is 290 g/mol. The molecule has 0 radical (unpaired) electrons. The lowest BCUT2D eigenvalue weighted by Crippen LogP contribution is -2.31. The zero-order chi connectivity index (χ0) is 14.0. The number of benzene rings is 1. The summed E-state index contributed by atoms with van der Waals surface area (Å²) in [6, 6.07) is 2.52. The summed E-state index contributed by atoms with van der Waals surface area (Å²) in [6.45, 7) is 1.45. The van der Waals surface area contributed by atoms with Crippen LogP contribution in [-0.4, -0.2) is 39.4 Å². The minimum Gasteiger partial charge on any atom is -0.319 e. The molecule has 19 heavy (non-hydrogen) atoms. The summed E-state index contributed by atoms with van der Waals surface area (Å²) >= 11 is 0. The third-order valence-corrected chi connectivity index (χ3v) is 5.15. The Kier molecular flexibility index (Phi) is 4.17. The van der Waals surface area contributed by atoms with Gasteiger partial charge in [0.15, 0.2) is 0 Å². The quantitative estimate of drug-likeness (QED) is 0.906. The summed E-state index contributed by atoms with van der Waals surface area (Å²) in [5.41, 5.74) is 0. The summed E-state index contributed by atoms with van der Waals surface area (Å²) in [5.74, 6) is -1.61. The molecule has 0 spiro atoms.